The standard InChI is InChI=1S/C25H54O5Si3/c1-12-32(13-2,14-3)27-20-22(29-33(15-4,16-5)17-6)24(21-18-19-23(26)28-21)30-31(10,11)25(7,8)9/h21-22,24H,12-20H2,1-11H3/t21-,22-,24+/m0/s1. The molecule has 1 saturated heterocycles. The van der Waals surface area contributed by atoms with Crippen LogP contribution in [0.15, 0.2) is 0 Å². The van der Waals surface area contributed by atoms with E-state index in [0.29, 0.717) is 19.4 Å². The van der Waals surface area contributed by atoms with Crippen LogP contribution in [0.3, 0.4) is 0 Å². The highest BCUT2D eigenvalue weighted by Crippen LogP contribution is 2.40. The molecule has 1 aliphatic rings. The Balaban J connectivity index is 3.41. The number of ether oxygens (including phenoxy) is 1. The molecule has 33 heavy (non-hydrogen) atoms. The molecule has 1 rings (SSSR count). The zero-order valence-corrected chi connectivity index (χ0v) is 26.6. The van der Waals surface area contributed by atoms with Crippen LogP contribution in [-0.4, -0.2) is 55.8 Å². The molecular weight excluding hydrogens is 465 g/mol. The quantitative estimate of drug-likeness (QED) is 0.166. The zero-order chi connectivity index (χ0) is 25.5. The maximum atomic E-state index is 12.1. The molecule has 0 aromatic rings. The molecule has 0 amide bonds. The summed E-state index contributed by atoms with van der Waals surface area (Å²) in [5, 5.41) is 0.0584. The van der Waals surface area contributed by atoms with E-state index in [1.807, 2.05) is 0 Å². The Hall–Kier alpha value is 0.000649. The van der Waals surface area contributed by atoms with E-state index in [1.54, 1.807) is 0 Å². The van der Waals surface area contributed by atoms with Crippen molar-refractivity contribution in [1.82, 2.24) is 0 Å². The van der Waals surface area contributed by atoms with Gasteiger partial charge in [0.25, 0.3) is 0 Å². The van der Waals surface area contributed by atoms with Gasteiger partial charge in [-0.3, -0.25) is 4.79 Å². The van der Waals surface area contributed by atoms with E-state index >= 15 is 0 Å². The minimum absolute atomic E-state index is 0.0584. The topological polar surface area (TPSA) is 54.0 Å². The van der Waals surface area contributed by atoms with E-state index in [2.05, 4.69) is 75.4 Å². The van der Waals surface area contributed by atoms with Crippen LogP contribution in [0.1, 0.15) is 75.2 Å². The predicted molar refractivity (Wildman–Crippen MR) is 146 cm³/mol. The molecule has 0 saturated carbocycles. The summed E-state index contributed by atoms with van der Waals surface area (Å²) in [6, 6.07) is 6.55. The number of cyclic esters (lactones) is 1. The van der Waals surface area contributed by atoms with Crippen LogP contribution in [0.2, 0.25) is 54.4 Å². The largest absolute Gasteiger partial charge is 0.460 e. The Morgan fingerprint density at radius 3 is 1.73 bits per heavy atom. The lowest BCUT2D eigenvalue weighted by molar-refractivity contribution is -0.148. The van der Waals surface area contributed by atoms with Gasteiger partial charge in [-0.15, -0.1) is 0 Å². The zero-order valence-electron chi connectivity index (χ0n) is 23.6. The van der Waals surface area contributed by atoms with E-state index in [9.17, 15) is 4.79 Å². The second kappa shape index (κ2) is 12.8. The molecule has 0 unspecified atom stereocenters. The lowest BCUT2D eigenvalue weighted by Gasteiger charge is -2.45. The van der Waals surface area contributed by atoms with Gasteiger partial charge in [-0.1, -0.05) is 62.3 Å². The van der Waals surface area contributed by atoms with E-state index in [-0.39, 0.29) is 29.3 Å². The third-order valence-electron chi connectivity index (χ3n) is 8.71. The van der Waals surface area contributed by atoms with E-state index in [4.69, 9.17) is 18.0 Å². The molecule has 0 aliphatic carbocycles. The summed E-state index contributed by atoms with van der Waals surface area (Å²) < 4.78 is 26.8. The monoisotopic (exact) mass is 518 g/mol. The minimum atomic E-state index is -2.13. The van der Waals surface area contributed by atoms with Gasteiger partial charge in [-0.2, -0.15) is 0 Å². The molecule has 1 heterocycles. The highest BCUT2D eigenvalue weighted by atomic mass is 28.4. The van der Waals surface area contributed by atoms with Gasteiger partial charge in [0.2, 0.25) is 0 Å². The number of carbonyl (C=O) groups is 1. The summed E-state index contributed by atoms with van der Waals surface area (Å²) in [4.78, 5) is 12.1. The van der Waals surface area contributed by atoms with Crippen LogP contribution in [-0.2, 0) is 22.8 Å². The van der Waals surface area contributed by atoms with E-state index < -0.39 is 25.0 Å². The molecule has 0 aromatic carbocycles. The molecule has 0 spiro atoms. The van der Waals surface area contributed by atoms with Gasteiger partial charge in [0.05, 0.1) is 12.7 Å². The average molecular weight is 519 g/mol. The fourth-order valence-corrected chi connectivity index (χ4v) is 11.3. The van der Waals surface area contributed by atoms with Gasteiger partial charge >= 0.3 is 5.97 Å². The third-order valence-corrected chi connectivity index (χ3v) is 22.5. The highest BCUT2D eigenvalue weighted by Gasteiger charge is 2.48. The molecule has 5 nitrogen and oxygen atoms in total. The fraction of sp³-hybridized carbons (Fsp3) is 0.960. The van der Waals surface area contributed by atoms with Crippen molar-refractivity contribution in [3.05, 3.63) is 0 Å². The van der Waals surface area contributed by atoms with Crippen molar-refractivity contribution >= 4 is 30.9 Å². The minimum Gasteiger partial charge on any atom is -0.460 e. The molecule has 1 fully saturated rings. The van der Waals surface area contributed by atoms with Crippen molar-refractivity contribution in [2.45, 2.75) is 148 Å². The van der Waals surface area contributed by atoms with Crippen LogP contribution in [0.25, 0.3) is 0 Å². The Bertz CT molecular complexity index is 581. The first kappa shape index (κ1) is 31.0. The van der Waals surface area contributed by atoms with Gasteiger partial charge in [0.1, 0.15) is 12.2 Å². The number of carbonyl (C=O) groups excluding carboxylic acids is 1. The van der Waals surface area contributed by atoms with Crippen LogP contribution in [0.4, 0.5) is 0 Å². The van der Waals surface area contributed by atoms with Crippen molar-refractivity contribution in [2.24, 2.45) is 0 Å². The summed E-state index contributed by atoms with van der Waals surface area (Å²) in [7, 11) is -5.85. The first-order chi connectivity index (χ1) is 15.3. The molecule has 0 aromatic heterocycles. The van der Waals surface area contributed by atoms with Crippen molar-refractivity contribution in [2.75, 3.05) is 6.61 Å². The van der Waals surface area contributed by atoms with Gasteiger partial charge in [0.15, 0.2) is 25.0 Å². The summed E-state index contributed by atoms with van der Waals surface area (Å²) >= 11 is 0. The maximum absolute atomic E-state index is 12.1. The molecule has 1 aliphatic heterocycles. The first-order valence-electron chi connectivity index (χ1n) is 13.5. The normalized spacial score (nSPS) is 20.1. The van der Waals surface area contributed by atoms with Crippen molar-refractivity contribution < 1.29 is 22.8 Å². The summed E-state index contributed by atoms with van der Waals surface area (Å²) in [5.74, 6) is -0.118. The molecule has 0 N–H and O–H groups in total. The smallest absolute Gasteiger partial charge is 0.306 e. The third kappa shape index (κ3) is 8.00. The second-order valence-corrected chi connectivity index (χ2v) is 25.6. The van der Waals surface area contributed by atoms with E-state index in [0.717, 1.165) is 36.3 Å². The van der Waals surface area contributed by atoms with Gasteiger partial charge < -0.3 is 18.0 Å². The summed E-state index contributed by atoms with van der Waals surface area (Å²) in [6.45, 7) is 25.5. The van der Waals surface area contributed by atoms with Crippen molar-refractivity contribution in [3.8, 4) is 0 Å². The predicted octanol–water partition coefficient (Wildman–Crippen LogP) is 7.49. The number of esters is 1. The van der Waals surface area contributed by atoms with E-state index in [1.165, 1.54) is 0 Å². The highest BCUT2D eigenvalue weighted by molar-refractivity contribution is 6.74. The van der Waals surface area contributed by atoms with Gasteiger partial charge in [0, 0.05) is 6.42 Å². The lowest BCUT2D eigenvalue weighted by atomic mass is 10.1. The number of hydrogen-bond donors (Lipinski definition) is 0. The van der Waals surface area contributed by atoms with Crippen LogP contribution >= 0.6 is 0 Å². The first-order valence-corrected chi connectivity index (χ1v) is 21.4. The summed E-state index contributed by atoms with van der Waals surface area (Å²) in [5.41, 5.74) is 0. The fourth-order valence-electron chi connectivity index (χ4n) is 4.52. The number of rotatable bonds is 15. The van der Waals surface area contributed by atoms with Crippen LogP contribution in [0, 0.1) is 0 Å². The molecule has 196 valence electrons. The Labute approximate surface area is 208 Å². The Morgan fingerprint density at radius 2 is 1.36 bits per heavy atom. The van der Waals surface area contributed by atoms with Gasteiger partial charge in [-0.25, -0.2) is 0 Å². The average Bonchev–Trinajstić information content (AvgIpc) is 3.21. The lowest BCUT2D eigenvalue weighted by Crippen LogP contribution is -2.56. The molecule has 0 bridgehead atoms. The SMILES string of the molecule is CC[Si](CC)(CC)OC[C@H](O[Si](CC)(CC)CC)[C@H](O[Si](C)(C)C(C)(C)C)[C@@H]1CCC(=O)O1. The van der Waals surface area contributed by atoms with Crippen LogP contribution < -0.4 is 0 Å². The Kier molecular flexibility index (Phi) is 12.0. The molecule has 0 radical (unpaired) electrons. The molecule has 8 heteroatoms. The summed E-state index contributed by atoms with van der Waals surface area (Å²) in [6.07, 6.45) is 0.447. The van der Waals surface area contributed by atoms with Crippen LogP contribution in [0.5, 0.6) is 0 Å². The maximum Gasteiger partial charge on any atom is 0.306 e. The molecular formula is C25H54O5Si3. The van der Waals surface area contributed by atoms with Crippen molar-refractivity contribution in [3.63, 3.8) is 0 Å². The van der Waals surface area contributed by atoms with Crippen molar-refractivity contribution in [1.29, 1.82) is 0 Å². The molecule has 3 atom stereocenters. The second-order valence-electron chi connectivity index (χ2n) is 11.4. The number of hydrogen-bond acceptors (Lipinski definition) is 5. The Morgan fingerprint density at radius 1 is 0.879 bits per heavy atom. The van der Waals surface area contributed by atoms with Gasteiger partial charge in [-0.05, 0) is 60.8 Å².